The number of hydrogen-bond acceptors (Lipinski definition) is 3. The summed E-state index contributed by atoms with van der Waals surface area (Å²) in [5.41, 5.74) is 3.33. The molecule has 1 aromatic heterocycles. The number of ether oxygens (including phenoxy) is 1. The maximum Gasteiger partial charge on any atom is 0.262 e. The Morgan fingerprint density at radius 1 is 1.36 bits per heavy atom. The van der Waals surface area contributed by atoms with Gasteiger partial charge < -0.3 is 14.6 Å². The van der Waals surface area contributed by atoms with Crippen LogP contribution in [0.1, 0.15) is 55.5 Å². The molecule has 0 unspecified atom stereocenters. The lowest BCUT2D eigenvalue weighted by Crippen LogP contribution is -2.33. The van der Waals surface area contributed by atoms with Crippen LogP contribution in [0.3, 0.4) is 0 Å². The molecular formula is C20H27N3O2. The number of aryl methyl sites for hydroxylation is 1. The van der Waals surface area contributed by atoms with Crippen LogP contribution < -0.4 is 5.32 Å². The van der Waals surface area contributed by atoms with Gasteiger partial charge in [0.1, 0.15) is 11.6 Å². The number of amides is 1. The average molecular weight is 341 g/mol. The van der Waals surface area contributed by atoms with Crippen molar-refractivity contribution in [3.63, 3.8) is 0 Å². The zero-order chi connectivity index (χ0) is 17.8. The van der Waals surface area contributed by atoms with Crippen molar-refractivity contribution >= 4 is 12.0 Å². The van der Waals surface area contributed by atoms with E-state index in [1.807, 2.05) is 13.0 Å². The molecule has 1 atom stereocenters. The van der Waals surface area contributed by atoms with E-state index >= 15 is 0 Å². The number of carbonyl (C=O) groups excluding carboxylic acids is 1. The minimum atomic E-state index is -0.252. The summed E-state index contributed by atoms with van der Waals surface area (Å²) in [6.45, 7) is 5.78. The van der Waals surface area contributed by atoms with E-state index in [9.17, 15) is 10.1 Å². The predicted octanol–water partition coefficient (Wildman–Crippen LogP) is 3.25. The van der Waals surface area contributed by atoms with Crippen molar-refractivity contribution in [1.29, 1.82) is 5.26 Å². The molecule has 1 aliphatic heterocycles. The molecule has 3 rings (SSSR count). The van der Waals surface area contributed by atoms with E-state index in [1.54, 1.807) is 6.08 Å². The van der Waals surface area contributed by atoms with Crippen LogP contribution in [0.15, 0.2) is 11.6 Å². The van der Waals surface area contributed by atoms with Crippen LogP contribution in [0.4, 0.5) is 0 Å². The largest absolute Gasteiger partial charge is 0.376 e. The normalized spacial score (nSPS) is 21.5. The number of nitriles is 1. The Morgan fingerprint density at radius 3 is 2.76 bits per heavy atom. The highest BCUT2D eigenvalue weighted by molar-refractivity contribution is 6.02. The molecule has 2 heterocycles. The molecule has 0 radical (unpaired) electrons. The SMILES string of the molecule is Cc1cc(/C=C(\C#N)C(=O)NC2CCCC2)c(C)n1C[C@H]1CCCO1. The van der Waals surface area contributed by atoms with E-state index in [2.05, 4.69) is 22.9 Å². The van der Waals surface area contributed by atoms with Crippen molar-refractivity contribution in [1.82, 2.24) is 9.88 Å². The highest BCUT2D eigenvalue weighted by Crippen LogP contribution is 2.22. The summed E-state index contributed by atoms with van der Waals surface area (Å²) in [7, 11) is 0. The molecule has 1 aliphatic carbocycles. The maximum atomic E-state index is 12.4. The predicted molar refractivity (Wildman–Crippen MR) is 96.9 cm³/mol. The third-order valence-corrected chi connectivity index (χ3v) is 5.38. The second-order valence-electron chi connectivity index (χ2n) is 7.20. The van der Waals surface area contributed by atoms with E-state index in [-0.39, 0.29) is 23.6 Å². The van der Waals surface area contributed by atoms with Crippen molar-refractivity contribution in [3.05, 3.63) is 28.6 Å². The van der Waals surface area contributed by atoms with Crippen molar-refractivity contribution < 1.29 is 9.53 Å². The standard InChI is InChI=1S/C20H27N3O2/c1-14-10-16(15(2)23(14)13-19-8-5-9-25-19)11-17(12-21)20(24)22-18-6-3-4-7-18/h10-11,18-19H,3-9,13H2,1-2H3,(H,22,24)/b17-11+/t19-/m1/s1. The lowest BCUT2D eigenvalue weighted by Gasteiger charge is -2.14. The van der Waals surface area contributed by atoms with Gasteiger partial charge in [-0.1, -0.05) is 12.8 Å². The summed E-state index contributed by atoms with van der Waals surface area (Å²) in [6, 6.07) is 4.33. The lowest BCUT2D eigenvalue weighted by molar-refractivity contribution is -0.117. The molecule has 0 bridgehead atoms. The van der Waals surface area contributed by atoms with Crippen LogP contribution in [-0.4, -0.2) is 29.2 Å². The zero-order valence-corrected chi connectivity index (χ0v) is 15.2. The van der Waals surface area contributed by atoms with Crippen LogP contribution in [0.25, 0.3) is 6.08 Å². The number of carbonyl (C=O) groups is 1. The molecule has 2 aliphatic rings. The van der Waals surface area contributed by atoms with Gasteiger partial charge in [0.05, 0.1) is 6.10 Å². The quantitative estimate of drug-likeness (QED) is 0.660. The lowest BCUT2D eigenvalue weighted by atomic mass is 10.1. The molecule has 5 heteroatoms. The zero-order valence-electron chi connectivity index (χ0n) is 15.2. The van der Waals surface area contributed by atoms with Crippen LogP contribution in [0.5, 0.6) is 0 Å². The highest BCUT2D eigenvalue weighted by atomic mass is 16.5. The Morgan fingerprint density at radius 2 is 2.12 bits per heavy atom. The first-order valence-electron chi connectivity index (χ1n) is 9.29. The number of hydrogen-bond donors (Lipinski definition) is 1. The van der Waals surface area contributed by atoms with Gasteiger partial charge in [-0.05, 0) is 57.2 Å². The number of rotatable bonds is 5. The van der Waals surface area contributed by atoms with Crippen molar-refractivity contribution in [2.45, 2.75) is 71.1 Å². The molecule has 2 fully saturated rings. The van der Waals surface area contributed by atoms with Crippen molar-refractivity contribution in [3.8, 4) is 6.07 Å². The summed E-state index contributed by atoms with van der Waals surface area (Å²) in [6.07, 6.45) is 8.54. The first-order chi connectivity index (χ1) is 12.1. The topological polar surface area (TPSA) is 67.0 Å². The second kappa shape index (κ2) is 7.88. The van der Waals surface area contributed by atoms with Crippen LogP contribution >= 0.6 is 0 Å². The molecule has 1 saturated heterocycles. The smallest absolute Gasteiger partial charge is 0.262 e. The Balaban J connectivity index is 1.76. The third kappa shape index (κ3) is 4.13. The van der Waals surface area contributed by atoms with E-state index in [0.29, 0.717) is 0 Å². The molecule has 0 spiro atoms. The summed E-state index contributed by atoms with van der Waals surface area (Å²) in [5, 5.41) is 12.4. The van der Waals surface area contributed by atoms with Crippen molar-refractivity contribution in [2.75, 3.05) is 6.61 Å². The molecule has 1 aromatic rings. The van der Waals surface area contributed by atoms with Gasteiger partial charge in [0, 0.05) is 30.6 Å². The van der Waals surface area contributed by atoms with E-state index in [1.165, 1.54) is 0 Å². The molecule has 1 N–H and O–H groups in total. The first-order valence-corrected chi connectivity index (χ1v) is 9.29. The van der Waals surface area contributed by atoms with Crippen LogP contribution in [0.2, 0.25) is 0 Å². The molecule has 1 saturated carbocycles. The summed E-state index contributed by atoms with van der Waals surface area (Å²) >= 11 is 0. The van der Waals surface area contributed by atoms with E-state index < -0.39 is 0 Å². The third-order valence-electron chi connectivity index (χ3n) is 5.38. The van der Waals surface area contributed by atoms with Gasteiger partial charge in [0.15, 0.2) is 0 Å². The van der Waals surface area contributed by atoms with Gasteiger partial charge in [0.2, 0.25) is 0 Å². The fourth-order valence-electron chi connectivity index (χ4n) is 3.88. The molecule has 5 nitrogen and oxygen atoms in total. The Bertz CT molecular complexity index is 699. The second-order valence-corrected chi connectivity index (χ2v) is 7.20. The molecular weight excluding hydrogens is 314 g/mol. The molecule has 25 heavy (non-hydrogen) atoms. The first kappa shape index (κ1) is 17.8. The number of aromatic nitrogens is 1. The van der Waals surface area contributed by atoms with Gasteiger partial charge in [-0.15, -0.1) is 0 Å². The minimum absolute atomic E-state index is 0.185. The monoisotopic (exact) mass is 341 g/mol. The molecule has 134 valence electrons. The summed E-state index contributed by atoms with van der Waals surface area (Å²) in [4.78, 5) is 12.4. The average Bonchev–Trinajstić information content (AvgIpc) is 3.32. The Kier molecular flexibility index (Phi) is 5.60. The van der Waals surface area contributed by atoms with E-state index in [4.69, 9.17) is 4.74 Å². The van der Waals surface area contributed by atoms with Gasteiger partial charge in [0.25, 0.3) is 5.91 Å². The Labute approximate surface area is 149 Å². The fraction of sp³-hybridized carbons (Fsp3) is 0.600. The van der Waals surface area contributed by atoms with Gasteiger partial charge in [-0.2, -0.15) is 5.26 Å². The Hall–Kier alpha value is -2.06. The van der Waals surface area contributed by atoms with Gasteiger partial charge in [-0.3, -0.25) is 4.79 Å². The van der Waals surface area contributed by atoms with Gasteiger partial charge in [-0.25, -0.2) is 0 Å². The highest BCUT2D eigenvalue weighted by Gasteiger charge is 2.21. The minimum Gasteiger partial charge on any atom is -0.376 e. The van der Waals surface area contributed by atoms with Crippen molar-refractivity contribution in [2.24, 2.45) is 0 Å². The van der Waals surface area contributed by atoms with Crippen LogP contribution in [0, 0.1) is 25.2 Å². The maximum absolute atomic E-state index is 12.4. The van der Waals surface area contributed by atoms with E-state index in [0.717, 1.165) is 68.6 Å². The summed E-state index contributed by atoms with van der Waals surface area (Å²) < 4.78 is 7.97. The molecule has 0 aromatic carbocycles. The molecule has 1 amide bonds. The number of nitrogens with one attached hydrogen (secondary N) is 1. The van der Waals surface area contributed by atoms with Crippen LogP contribution in [-0.2, 0) is 16.1 Å². The fourth-order valence-corrected chi connectivity index (χ4v) is 3.88. The summed E-state index contributed by atoms with van der Waals surface area (Å²) in [5.74, 6) is -0.252. The number of nitrogens with zero attached hydrogens (tertiary/aromatic N) is 2. The van der Waals surface area contributed by atoms with Gasteiger partial charge >= 0.3 is 0 Å².